The van der Waals surface area contributed by atoms with E-state index in [1.165, 1.54) is 0 Å². The SMILES string of the molecule is CCOC(=O)c1[nH]c(Cc2[nH]c(C(=O)OCC)c3c2[C@@H]2C=C[C@H]3CC2)c2c1C1CCC2c2c(Cc3[nH]c(C(=O)OCC)c4c3[C@H]3C=C[C@@H]4CC3)[nH]c(C(=O)OCC)c21. The number of aromatic amines is 4. The van der Waals surface area contributed by atoms with Crippen LogP contribution in [0.5, 0.6) is 0 Å². The first-order valence-electron chi connectivity index (χ1n) is 21.3. The lowest BCUT2D eigenvalue weighted by Crippen LogP contribution is -2.27. The van der Waals surface area contributed by atoms with E-state index >= 15 is 0 Å². The van der Waals surface area contributed by atoms with Gasteiger partial charge in [0.25, 0.3) is 0 Å². The number of allylic oxidation sites excluding steroid dienone is 4. The predicted octanol–water partition coefficient (Wildman–Crippen LogP) is 8.32. The van der Waals surface area contributed by atoms with Gasteiger partial charge in [0.15, 0.2) is 0 Å². The van der Waals surface area contributed by atoms with Crippen molar-refractivity contribution in [3.05, 3.63) is 114 Å². The summed E-state index contributed by atoms with van der Waals surface area (Å²) in [6, 6.07) is 0. The van der Waals surface area contributed by atoms with Gasteiger partial charge in [0.05, 0.1) is 26.4 Å². The summed E-state index contributed by atoms with van der Waals surface area (Å²) in [5, 5.41) is 0. The van der Waals surface area contributed by atoms with Crippen molar-refractivity contribution in [1.29, 1.82) is 0 Å². The number of aromatic nitrogens is 4. The number of esters is 4. The molecular weight excluding hydrogens is 737 g/mol. The molecule has 0 aromatic carbocycles. The maximum Gasteiger partial charge on any atom is 0.355 e. The first kappa shape index (κ1) is 36.8. The Morgan fingerprint density at radius 2 is 0.690 bits per heavy atom. The fourth-order valence-corrected chi connectivity index (χ4v) is 11.6. The van der Waals surface area contributed by atoms with Crippen LogP contribution >= 0.6 is 0 Å². The van der Waals surface area contributed by atoms with Crippen molar-refractivity contribution in [3.63, 3.8) is 0 Å². The van der Waals surface area contributed by atoms with E-state index in [-0.39, 0.29) is 73.9 Å². The van der Waals surface area contributed by atoms with Gasteiger partial charge in [-0.2, -0.15) is 0 Å². The number of fused-ring (bicyclic) bond motifs is 3. The van der Waals surface area contributed by atoms with Crippen LogP contribution in [0.25, 0.3) is 0 Å². The number of rotatable bonds is 12. The van der Waals surface area contributed by atoms with Gasteiger partial charge in [-0.15, -0.1) is 0 Å². The molecule has 4 heterocycles. The van der Waals surface area contributed by atoms with Crippen LogP contribution in [-0.4, -0.2) is 70.2 Å². The standard InChI is InChI=1S/C46H50N4O8/c1-5-55-43(51)39-33-23-13-9-21(10-14-23)31(33)27(47-39)19-29-35-25-17-18-26(37(35)41(49-29)45(53)57-7-3)38-36(25)30(50-42(38)46(54)58-8-4)20-28-32-22-11-15-24(16-12-22)34(32)40(48-28)44(52)56-6-2/h9,11,13,15,21-26,47-50H,5-8,10,12,14,16-20H2,1-4H3/t21-,22+,23+,24-,25?,26?. The van der Waals surface area contributed by atoms with Gasteiger partial charge in [-0.25, -0.2) is 19.2 Å². The van der Waals surface area contributed by atoms with Crippen molar-refractivity contribution in [1.82, 2.24) is 19.9 Å². The van der Waals surface area contributed by atoms with Gasteiger partial charge in [-0.05, 0) is 111 Å². The molecule has 2 unspecified atom stereocenters. The number of carbonyl (C=O) groups excluding carboxylic acids is 4. The maximum absolute atomic E-state index is 13.9. The topological polar surface area (TPSA) is 168 Å². The Balaban J connectivity index is 1.12. The van der Waals surface area contributed by atoms with Crippen LogP contribution < -0.4 is 0 Å². The van der Waals surface area contributed by atoms with Gasteiger partial charge >= 0.3 is 23.9 Å². The largest absolute Gasteiger partial charge is 0.461 e. The van der Waals surface area contributed by atoms with Crippen molar-refractivity contribution in [2.45, 2.75) is 115 Å². The average Bonchev–Trinajstić information content (AvgIpc) is 4.03. The van der Waals surface area contributed by atoms with Crippen LogP contribution in [0.15, 0.2) is 24.3 Å². The minimum atomic E-state index is -0.428. The zero-order valence-electron chi connectivity index (χ0n) is 33.5. The van der Waals surface area contributed by atoms with Crippen LogP contribution in [-0.2, 0) is 31.8 Å². The smallest absolute Gasteiger partial charge is 0.355 e. The Hall–Kier alpha value is -5.52. The van der Waals surface area contributed by atoms with Crippen molar-refractivity contribution in [3.8, 4) is 0 Å². The quantitative estimate of drug-likeness (QED) is 0.0632. The fourth-order valence-electron chi connectivity index (χ4n) is 11.6. The third-order valence-corrected chi connectivity index (χ3v) is 13.6. The molecule has 0 radical (unpaired) electrons. The molecule has 0 fully saturated rings. The lowest BCUT2D eigenvalue weighted by atomic mass is 9.63. The van der Waals surface area contributed by atoms with Crippen LogP contribution in [0.3, 0.4) is 0 Å². The van der Waals surface area contributed by atoms with Crippen molar-refractivity contribution in [2.24, 2.45) is 0 Å². The maximum atomic E-state index is 13.9. The summed E-state index contributed by atoms with van der Waals surface area (Å²) < 4.78 is 22.4. The van der Waals surface area contributed by atoms with Crippen molar-refractivity contribution in [2.75, 3.05) is 26.4 Å². The van der Waals surface area contributed by atoms with E-state index in [0.717, 1.165) is 106 Å². The van der Waals surface area contributed by atoms with Gasteiger partial charge in [0.2, 0.25) is 0 Å². The zero-order valence-corrected chi connectivity index (χ0v) is 33.5. The van der Waals surface area contributed by atoms with E-state index in [0.29, 0.717) is 35.6 Å². The van der Waals surface area contributed by atoms with E-state index in [2.05, 4.69) is 44.2 Å². The van der Waals surface area contributed by atoms with Gasteiger partial charge in [-0.1, -0.05) is 24.3 Å². The second-order valence-corrected chi connectivity index (χ2v) is 16.5. The highest BCUT2D eigenvalue weighted by Gasteiger charge is 2.48. The summed E-state index contributed by atoms with van der Waals surface area (Å²) in [6.45, 7) is 8.24. The molecule has 9 aliphatic rings. The summed E-state index contributed by atoms with van der Waals surface area (Å²) in [4.78, 5) is 68.7. The van der Waals surface area contributed by atoms with Crippen LogP contribution in [0, 0.1) is 0 Å². The highest BCUT2D eigenvalue weighted by molar-refractivity contribution is 5.95. The van der Waals surface area contributed by atoms with Crippen LogP contribution in [0.4, 0.5) is 0 Å². The second kappa shape index (κ2) is 14.1. The lowest BCUT2D eigenvalue weighted by Gasteiger charge is -2.38. The monoisotopic (exact) mass is 786 g/mol. The minimum absolute atomic E-state index is 0.142. The first-order valence-corrected chi connectivity index (χ1v) is 21.3. The third-order valence-electron chi connectivity index (χ3n) is 13.6. The molecule has 6 bridgehead atoms. The molecule has 0 saturated heterocycles. The molecular formula is C46H50N4O8. The molecule has 4 aromatic heterocycles. The Morgan fingerprint density at radius 3 is 1.00 bits per heavy atom. The van der Waals surface area contributed by atoms with Gasteiger partial charge in [0, 0.05) is 71.1 Å². The van der Waals surface area contributed by atoms with Crippen molar-refractivity contribution < 1.29 is 38.1 Å². The zero-order chi connectivity index (χ0) is 40.0. The normalized spacial score (nSPS) is 23.7. The fraction of sp³-hybridized carbons (Fsp3) is 0.478. The van der Waals surface area contributed by atoms with E-state index in [9.17, 15) is 19.2 Å². The molecule has 4 N–H and O–H groups in total. The molecule has 0 saturated carbocycles. The molecule has 12 heteroatoms. The van der Waals surface area contributed by atoms with Gasteiger partial charge in [-0.3, -0.25) is 0 Å². The van der Waals surface area contributed by atoms with Gasteiger partial charge < -0.3 is 38.9 Å². The van der Waals surface area contributed by atoms with E-state index in [1.807, 2.05) is 13.8 Å². The van der Waals surface area contributed by atoms with Crippen LogP contribution in [0.2, 0.25) is 0 Å². The third kappa shape index (κ3) is 5.39. The molecule has 58 heavy (non-hydrogen) atoms. The average molecular weight is 787 g/mol. The molecule has 13 rings (SSSR count). The summed E-state index contributed by atoms with van der Waals surface area (Å²) in [5.74, 6) is -1.29. The summed E-state index contributed by atoms with van der Waals surface area (Å²) in [7, 11) is 0. The molecule has 9 aliphatic carbocycles. The second-order valence-electron chi connectivity index (χ2n) is 16.5. The minimum Gasteiger partial charge on any atom is -0.461 e. The summed E-state index contributed by atoms with van der Waals surface area (Å²) in [6.07, 6.45) is 15.4. The molecule has 0 spiro atoms. The van der Waals surface area contributed by atoms with E-state index < -0.39 is 11.9 Å². The molecule has 302 valence electrons. The molecule has 12 nitrogen and oxygen atoms in total. The summed E-state index contributed by atoms with van der Waals surface area (Å²) >= 11 is 0. The Kier molecular flexibility index (Phi) is 8.94. The molecule has 6 atom stereocenters. The van der Waals surface area contributed by atoms with Gasteiger partial charge in [0.1, 0.15) is 22.8 Å². The number of nitrogens with one attached hydrogen (secondary N) is 4. The first-order chi connectivity index (χ1) is 28.3. The predicted molar refractivity (Wildman–Crippen MR) is 213 cm³/mol. The van der Waals surface area contributed by atoms with E-state index in [1.54, 1.807) is 13.8 Å². The summed E-state index contributed by atoms with van der Waals surface area (Å²) in [5.41, 5.74) is 13.8. The number of hydrogen-bond donors (Lipinski definition) is 4. The molecule has 0 aliphatic heterocycles. The molecule has 0 amide bonds. The lowest BCUT2D eigenvalue weighted by molar-refractivity contribution is 0.0507. The number of carbonyl (C=O) groups is 4. The highest BCUT2D eigenvalue weighted by Crippen LogP contribution is 2.58. The number of hydrogen-bond acceptors (Lipinski definition) is 8. The Labute approximate surface area is 336 Å². The highest BCUT2D eigenvalue weighted by atomic mass is 16.5. The van der Waals surface area contributed by atoms with Crippen molar-refractivity contribution >= 4 is 23.9 Å². The Bertz CT molecular complexity index is 2290. The number of H-pyrrole nitrogens is 4. The molecule has 4 aromatic rings. The number of ether oxygens (including phenoxy) is 4. The van der Waals surface area contributed by atoms with Crippen LogP contribution in [0.1, 0.15) is 211 Å². The Morgan fingerprint density at radius 1 is 0.414 bits per heavy atom. The van der Waals surface area contributed by atoms with E-state index in [4.69, 9.17) is 18.9 Å².